The number of nitrogens with two attached hydrogens (primary N) is 1. The highest BCUT2D eigenvalue weighted by Gasteiger charge is 2.18. The lowest BCUT2D eigenvalue weighted by molar-refractivity contribution is 0.410. The molecule has 0 radical (unpaired) electrons. The maximum Gasteiger partial charge on any atom is 0.222 e. The number of nitrogens with zero attached hydrogens (tertiary/aromatic N) is 1. The minimum Gasteiger partial charge on any atom is -0.496 e. The van der Waals surface area contributed by atoms with Crippen LogP contribution in [0.2, 0.25) is 5.02 Å². The molecule has 0 aliphatic carbocycles. The Balaban J connectivity index is 2.66. The number of halogens is 2. The molecule has 0 aliphatic heterocycles. The summed E-state index contributed by atoms with van der Waals surface area (Å²) in [5, 5.41) is 3.60. The van der Waals surface area contributed by atoms with Crippen molar-refractivity contribution in [2.45, 2.75) is 0 Å². The average Bonchev–Trinajstić information content (AvgIpc) is 2.68. The topological polar surface area (TPSA) is 61.3 Å². The number of rotatable bonds is 2. The van der Waals surface area contributed by atoms with Crippen LogP contribution in [0.15, 0.2) is 22.7 Å². The molecule has 6 heteroatoms. The quantitative estimate of drug-likeness (QED) is 0.880. The van der Waals surface area contributed by atoms with Crippen LogP contribution in [0, 0.1) is 5.82 Å². The standard InChI is InChI=1S/C10H8ClFN2O2/c1-15-7-3-2-5(11)10(12)9(7)6-4-8(13)16-14-6/h2-4H,13H2,1H3. The molecule has 2 N–H and O–H groups in total. The van der Waals surface area contributed by atoms with Crippen molar-refractivity contribution in [1.29, 1.82) is 0 Å². The molecule has 2 rings (SSSR count). The summed E-state index contributed by atoms with van der Waals surface area (Å²) in [5.74, 6) is -0.207. The van der Waals surface area contributed by atoms with Gasteiger partial charge in [-0.3, -0.25) is 0 Å². The van der Waals surface area contributed by atoms with Crippen molar-refractivity contribution < 1.29 is 13.7 Å². The Hall–Kier alpha value is -1.75. The highest BCUT2D eigenvalue weighted by atomic mass is 35.5. The van der Waals surface area contributed by atoms with E-state index < -0.39 is 5.82 Å². The minimum absolute atomic E-state index is 0.0163. The van der Waals surface area contributed by atoms with Gasteiger partial charge in [0.15, 0.2) is 5.82 Å². The van der Waals surface area contributed by atoms with E-state index in [0.717, 1.165) is 0 Å². The third-order valence-electron chi connectivity index (χ3n) is 2.06. The Morgan fingerprint density at radius 1 is 1.50 bits per heavy atom. The van der Waals surface area contributed by atoms with Crippen molar-refractivity contribution in [3.63, 3.8) is 0 Å². The van der Waals surface area contributed by atoms with Crippen LogP contribution in [0.4, 0.5) is 10.3 Å². The summed E-state index contributed by atoms with van der Waals surface area (Å²) in [7, 11) is 1.43. The summed E-state index contributed by atoms with van der Waals surface area (Å²) >= 11 is 5.68. The van der Waals surface area contributed by atoms with Gasteiger partial charge in [0.25, 0.3) is 0 Å². The van der Waals surface area contributed by atoms with Crippen LogP contribution in [-0.2, 0) is 0 Å². The summed E-state index contributed by atoms with van der Waals surface area (Å²) in [6.07, 6.45) is 0. The van der Waals surface area contributed by atoms with E-state index in [2.05, 4.69) is 9.68 Å². The molecule has 4 nitrogen and oxygen atoms in total. The van der Waals surface area contributed by atoms with Crippen LogP contribution < -0.4 is 10.5 Å². The van der Waals surface area contributed by atoms with Crippen molar-refractivity contribution in [3.05, 3.63) is 29.0 Å². The number of ether oxygens (including phenoxy) is 1. The van der Waals surface area contributed by atoms with Crippen LogP contribution in [-0.4, -0.2) is 12.3 Å². The van der Waals surface area contributed by atoms with Gasteiger partial charge in [-0.15, -0.1) is 0 Å². The second-order valence-electron chi connectivity index (χ2n) is 3.05. The largest absolute Gasteiger partial charge is 0.496 e. The molecule has 84 valence electrons. The van der Waals surface area contributed by atoms with Crippen molar-refractivity contribution >= 4 is 17.5 Å². The molecule has 0 atom stereocenters. The third-order valence-corrected chi connectivity index (χ3v) is 2.35. The molecule has 0 unspecified atom stereocenters. The first-order valence-corrected chi connectivity index (χ1v) is 4.76. The summed E-state index contributed by atoms with van der Waals surface area (Å²) in [6, 6.07) is 4.35. The van der Waals surface area contributed by atoms with E-state index in [1.165, 1.54) is 19.2 Å². The molecule has 0 saturated heterocycles. The van der Waals surface area contributed by atoms with Gasteiger partial charge in [-0.1, -0.05) is 16.8 Å². The van der Waals surface area contributed by atoms with Crippen LogP contribution >= 0.6 is 11.6 Å². The first-order valence-electron chi connectivity index (χ1n) is 4.38. The molecule has 0 spiro atoms. The number of aromatic nitrogens is 1. The Morgan fingerprint density at radius 2 is 2.25 bits per heavy atom. The Morgan fingerprint density at radius 3 is 2.81 bits per heavy atom. The predicted molar refractivity (Wildman–Crippen MR) is 57.9 cm³/mol. The zero-order valence-electron chi connectivity index (χ0n) is 8.33. The molecule has 1 aromatic carbocycles. The summed E-state index contributed by atoms with van der Waals surface area (Å²) in [4.78, 5) is 0. The van der Waals surface area contributed by atoms with Crippen molar-refractivity contribution in [2.24, 2.45) is 0 Å². The average molecular weight is 243 g/mol. The predicted octanol–water partition coefficient (Wildman–Crippen LogP) is 2.72. The van der Waals surface area contributed by atoms with E-state index in [1.54, 1.807) is 6.07 Å². The number of hydrogen-bond acceptors (Lipinski definition) is 4. The Bertz CT molecular complexity index is 528. The number of nitrogen functional groups attached to an aromatic ring is 1. The summed E-state index contributed by atoms with van der Waals surface area (Å²) in [5.41, 5.74) is 5.75. The lowest BCUT2D eigenvalue weighted by Gasteiger charge is -2.07. The van der Waals surface area contributed by atoms with Crippen molar-refractivity contribution in [3.8, 4) is 17.0 Å². The van der Waals surface area contributed by atoms with Crippen molar-refractivity contribution in [1.82, 2.24) is 5.16 Å². The SMILES string of the molecule is COc1ccc(Cl)c(F)c1-c1cc(N)on1. The Labute approximate surface area is 95.7 Å². The highest BCUT2D eigenvalue weighted by Crippen LogP contribution is 2.35. The molecule has 0 bridgehead atoms. The molecule has 0 saturated carbocycles. The van der Waals surface area contributed by atoms with Gasteiger partial charge >= 0.3 is 0 Å². The van der Waals surface area contributed by atoms with Gasteiger partial charge in [0, 0.05) is 6.07 Å². The normalized spacial score (nSPS) is 10.4. The highest BCUT2D eigenvalue weighted by molar-refractivity contribution is 6.31. The molecule has 1 heterocycles. The van der Waals surface area contributed by atoms with E-state index in [9.17, 15) is 4.39 Å². The zero-order chi connectivity index (χ0) is 11.7. The molecular formula is C10H8ClFN2O2. The van der Waals surface area contributed by atoms with Crippen LogP contribution in [0.5, 0.6) is 5.75 Å². The third kappa shape index (κ3) is 1.69. The second-order valence-corrected chi connectivity index (χ2v) is 3.46. The fourth-order valence-electron chi connectivity index (χ4n) is 1.35. The van der Waals surface area contributed by atoms with Crippen molar-refractivity contribution in [2.75, 3.05) is 12.8 Å². The smallest absolute Gasteiger partial charge is 0.222 e. The number of anilines is 1. The summed E-state index contributed by atoms with van der Waals surface area (Å²) in [6.45, 7) is 0. The summed E-state index contributed by atoms with van der Waals surface area (Å²) < 4.78 is 23.5. The molecule has 16 heavy (non-hydrogen) atoms. The molecule has 1 aromatic heterocycles. The van der Waals surface area contributed by atoms with Crippen LogP contribution in [0.25, 0.3) is 11.3 Å². The number of benzene rings is 1. The lowest BCUT2D eigenvalue weighted by Crippen LogP contribution is -1.92. The van der Waals surface area contributed by atoms with E-state index in [4.69, 9.17) is 22.1 Å². The van der Waals surface area contributed by atoms with E-state index in [-0.39, 0.29) is 22.2 Å². The number of methoxy groups -OCH3 is 1. The molecular weight excluding hydrogens is 235 g/mol. The second kappa shape index (κ2) is 4.02. The monoisotopic (exact) mass is 242 g/mol. The van der Waals surface area contributed by atoms with Crippen LogP contribution in [0.1, 0.15) is 0 Å². The van der Waals surface area contributed by atoms with Crippen LogP contribution in [0.3, 0.4) is 0 Å². The zero-order valence-corrected chi connectivity index (χ0v) is 9.08. The maximum absolute atomic E-state index is 13.8. The fraction of sp³-hybridized carbons (Fsp3) is 0.100. The van der Waals surface area contributed by atoms with Gasteiger partial charge in [-0.05, 0) is 12.1 Å². The molecule has 2 aromatic rings. The first kappa shape index (κ1) is 10.8. The van der Waals surface area contributed by atoms with Gasteiger partial charge in [0.2, 0.25) is 5.88 Å². The maximum atomic E-state index is 13.8. The molecule has 0 amide bonds. The van der Waals surface area contributed by atoms with Gasteiger partial charge < -0.3 is 15.0 Å². The molecule has 0 fully saturated rings. The minimum atomic E-state index is -0.616. The lowest BCUT2D eigenvalue weighted by atomic mass is 10.1. The van der Waals surface area contributed by atoms with Gasteiger partial charge in [0.1, 0.15) is 11.4 Å². The van der Waals surface area contributed by atoms with E-state index in [1.807, 2.05) is 0 Å². The van der Waals surface area contributed by atoms with Gasteiger partial charge in [-0.2, -0.15) is 0 Å². The molecule has 0 aliphatic rings. The Kier molecular flexibility index (Phi) is 2.70. The van der Waals surface area contributed by atoms with E-state index in [0.29, 0.717) is 5.75 Å². The fourth-order valence-corrected chi connectivity index (χ4v) is 1.51. The number of hydrogen-bond donors (Lipinski definition) is 1. The first-order chi connectivity index (χ1) is 7.63. The van der Waals surface area contributed by atoms with Gasteiger partial charge in [0.05, 0.1) is 17.7 Å². The van der Waals surface area contributed by atoms with E-state index >= 15 is 0 Å². The van der Waals surface area contributed by atoms with Gasteiger partial charge in [-0.25, -0.2) is 4.39 Å².